The van der Waals surface area contributed by atoms with E-state index in [2.05, 4.69) is 0 Å². The van der Waals surface area contributed by atoms with Gasteiger partial charge in [-0.25, -0.2) is 0 Å². The Morgan fingerprint density at radius 2 is 1.44 bits per heavy atom. The average molecular weight is 535 g/mol. The second-order valence-electron chi connectivity index (χ2n) is 9.15. The SMILES string of the molecule is Cc1ccccc1C(=O)C1C(c2sccc2C)C(C(N)=O)N(C(=O)c2cccs2)C1c1sccc1C. The molecule has 3 aromatic heterocycles. The Morgan fingerprint density at radius 1 is 0.778 bits per heavy atom. The van der Waals surface area contributed by atoms with E-state index in [0.717, 1.165) is 26.4 Å². The standard InChI is InChI=1S/C28H26N2O3S3/c1-15-7-4-5-8-18(15)24(31)20-21(25-16(2)10-13-35-25)23(27(29)32)30(28(33)19-9-6-12-34-19)22(20)26-17(3)11-14-36-26/h4-14,20-23H,1-3H3,(H2,29,32). The molecule has 1 aromatic carbocycles. The molecule has 5 rings (SSSR count). The number of aryl methyl sites for hydroxylation is 3. The number of Topliss-reactive ketones (excluding diaryl/α,β-unsaturated/α-hetero) is 1. The molecule has 8 heteroatoms. The van der Waals surface area contributed by atoms with Crippen molar-refractivity contribution in [2.24, 2.45) is 11.7 Å². The molecule has 4 heterocycles. The number of thiophene rings is 3. The molecular formula is C28H26N2O3S3. The number of rotatable bonds is 6. The number of primary amides is 1. The number of amides is 2. The summed E-state index contributed by atoms with van der Waals surface area (Å²) in [5, 5.41) is 5.77. The Morgan fingerprint density at radius 3 is 2.00 bits per heavy atom. The highest BCUT2D eigenvalue weighted by Crippen LogP contribution is 2.54. The third-order valence-corrected chi connectivity index (χ3v) is 10.1. The molecule has 0 spiro atoms. The van der Waals surface area contributed by atoms with Crippen LogP contribution in [0.2, 0.25) is 0 Å². The number of carbonyl (C=O) groups excluding carboxylic acids is 3. The predicted molar refractivity (Wildman–Crippen MR) is 146 cm³/mol. The van der Waals surface area contributed by atoms with Crippen molar-refractivity contribution in [2.45, 2.75) is 38.8 Å². The highest BCUT2D eigenvalue weighted by atomic mass is 32.1. The molecule has 1 aliphatic heterocycles. The van der Waals surface area contributed by atoms with Crippen molar-refractivity contribution < 1.29 is 14.4 Å². The minimum atomic E-state index is -0.957. The van der Waals surface area contributed by atoms with Crippen LogP contribution >= 0.6 is 34.0 Å². The van der Waals surface area contributed by atoms with Crippen molar-refractivity contribution in [1.82, 2.24) is 4.90 Å². The summed E-state index contributed by atoms with van der Waals surface area (Å²) >= 11 is 4.35. The first-order chi connectivity index (χ1) is 17.3. The molecule has 0 radical (unpaired) electrons. The summed E-state index contributed by atoms with van der Waals surface area (Å²) in [4.78, 5) is 45.6. The molecule has 184 valence electrons. The fourth-order valence-electron chi connectivity index (χ4n) is 5.35. The fourth-order valence-corrected chi connectivity index (χ4v) is 8.20. The van der Waals surface area contributed by atoms with Gasteiger partial charge in [0, 0.05) is 21.2 Å². The minimum absolute atomic E-state index is 0.0728. The van der Waals surface area contributed by atoms with Gasteiger partial charge in [-0.2, -0.15) is 0 Å². The van der Waals surface area contributed by atoms with Gasteiger partial charge in [-0.15, -0.1) is 34.0 Å². The van der Waals surface area contributed by atoms with Gasteiger partial charge in [0.05, 0.1) is 16.8 Å². The second-order valence-corrected chi connectivity index (χ2v) is 12.0. The molecule has 4 unspecified atom stereocenters. The van der Waals surface area contributed by atoms with Crippen LogP contribution in [0.25, 0.3) is 0 Å². The largest absolute Gasteiger partial charge is 0.368 e. The molecule has 0 bridgehead atoms. The van der Waals surface area contributed by atoms with E-state index < -0.39 is 29.8 Å². The Hall–Kier alpha value is -3.07. The van der Waals surface area contributed by atoms with Crippen LogP contribution in [0.5, 0.6) is 0 Å². The fraction of sp³-hybridized carbons (Fsp3) is 0.250. The quantitative estimate of drug-likeness (QED) is 0.302. The van der Waals surface area contributed by atoms with Gasteiger partial charge >= 0.3 is 0 Å². The molecular weight excluding hydrogens is 509 g/mol. The highest BCUT2D eigenvalue weighted by molar-refractivity contribution is 7.12. The summed E-state index contributed by atoms with van der Waals surface area (Å²) < 4.78 is 0. The molecule has 0 aliphatic carbocycles. The number of hydrogen-bond acceptors (Lipinski definition) is 6. The van der Waals surface area contributed by atoms with Crippen molar-refractivity contribution in [3.63, 3.8) is 0 Å². The molecule has 1 fully saturated rings. The summed E-state index contributed by atoms with van der Waals surface area (Å²) in [6, 6.07) is 13.5. The predicted octanol–water partition coefficient (Wildman–Crippen LogP) is 6.13. The van der Waals surface area contributed by atoms with Gasteiger partial charge in [-0.1, -0.05) is 30.3 Å². The first-order valence-corrected chi connectivity index (χ1v) is 14.3. The van der Waals surface area contributed by atoms with Crippen LogP contribution in [0.15, 0.2) is 64.7 Å². The van der Waals surface area contributed by atoms with Crippen molar-refractivity contribution >= 4 is 51.6 Å². The monoisotopic (exact) mass is 534 g/mol. The number of ketones is 1. The summed E-state index contributed by atoms with van der Waals surface area (Å²) in [6.45, 7) is 5.88. The van der Waals surface area contributed by atoms with Crippen LogP contribution in [0.3, 0.4) is 0 Å². The number of benzene rings is 1. The van der Waals surface area contributed by atoms with Crippen LogP contribution in [-0.4, -0.2) is 28.5 Å². The molecule has 5 nitrogen and oxygen atoms in total. The van der Waals surface area contributed by atoms with Crippen LogP contribution in [0.1, 0.15) is 58.4 Å². The van der Waals surface area contributed by atoms with Crippen LogP contribution in [0.4, 0.5) is 0 Å². The summed E-state index contributed by atoms with van der Waals surface area (Å²) in [5.41, 5.74) is 9.53. The van der Waals surface area contributed by atoms with E-state index in [1.807, 2.05) is 79.4 Å². The summed E-state index contributed by atoms with van der Waals surface area (Å²) in [5.74, 6) is -2.16. The molecule has 2 N–H and O–H groups in total. The number of nitrogens with zero attached hydrogens (tertiary/aromatic N) is 1. The zero-order chi connectivity index (χ0) is 25.6. The van der Waals surface area contributed by atoms with Crippen molar-refractivity contribution in [1.29, 1.82) is 0 Å². The van der Waals surface area contributed by atoms with E-state index in [9.17, 15) is 14.4 Å². The molecule has 4 aromatic rings. The van der Waals surface area contributed by atoms with E-state index >= 15 is 0 Å². The lowest BCUT2D eigenvalue weighted by Crippen LogP contribution is -2.46. The van der Waals surface area contributed by atoms with Crippen LogP contribution < -0.4 is 5.73 Å². The first-order valence-electron chi connectivity index (χ1n) is 11.6. The third kappa shape index (κ3) is 4.03. The van der Waals surface area contributed by atoms with Gasteiger partial charge < -0.3 is 10.6 Å². The van der Waals surface area contributed by atoms with Crippen LogP contribution in [0, 0.1) is 26.7 Å². The maximum absolute atomic E-state index is 14.4. The number of likely N-dealkylation sites (tertiary alicyclic amines) is 1. The topological polar surface area (TPSA) is 80.5 Å². The van der Waals surface area contributed by atoms with Gasteiger partial charge in [-0.05, 0) is 71.8 Å². The van der Waals surface area contributed by atoms with E-state index in [0.29, 0.717) is 10.4 Å². The van der Waals surface area contributed by atoms with E-state index in [1.165, 1.54) is 34.0 Å². The van der Waals surface area contributed by atoms with E-state index in [1.54, 1.807) is 11.0 Å². The van der Waals surface area contributed by atoms with Crippen molar-refractivity contribution in [2.75, 3.05) is 0 Å². The lowest BCUT2D eigenvalue weighted by atomic mass is 9.78. The van der Waals surface area contributed by atoms with E-state index in [-0.39, 0.29) is 11.7 Å². The average Bonchev–Trinajstić information content (AvgIpc) is 3.64. The van der Waals surface area contributed by atoms with Gasteiger partial charge in [-0.3, -0.25) is 14.4 Å². The lowest BCUT2D eigenvalue weighted by molar-refractivity contribution is -0.122. The van der Waals surface area contributed by atoms with Crippen molar-refractivity contribution in [3.8, 4) is 0 Å². The van der Waals surface area contributed by atoms with E-state index in [4.69, 9.17) is 5.73 Å². The Labute approximate surface area is 222 Å². The molecule has 2 amide bonds. The highest BCUT2D eigenvalue weighted by Gasteiger charge is 2.58. The zero-order valence-electron chi connectivity index (χ0n) is 20.1. The minimum Gasteiger partial charge on any atom is -0.368 e. The first kappa shape index (κ1) is 24.6. The summed E-state index contributed by atoms with van der Waals surface area (Å²) in [6.07, 6.45) is 0. The van der Waals surface area contributed by atoms with Gasteiger partial charge in [0.25, 0.3) is 5.91 Å². The van der Waals surface area contributed by atoms with Gasteiger partial charge in [0.2, 0.25) is 5.91 Å². The molecule has 36 heavy (non-hydrogen) atoms. The molecule has 1 saturated heterocycles. The lowest BCUT2D eigenvalue weighted by Gasteiger charge is -2.30. The van der Waals surface area contributed by atoms with Crippen LogP contribution in [-0.2, 0) is 4.79 Å². The summed E-state index contributed by atoms with van der Waals surface area (Å²) in [7, 11) is 0. The number of carbonyl (C=O) groups is 3. The molecule has 4 atom stereocenters. The Kier molecular flexibility index (Phi) is 6.68. The maximum Gasteiger partial charge on any atom is 0.265 e. The molecule has 0 saturated carbocycles. The smallest absolute Gasteiger partial charge is 0.265 e. The zero-order valence-corrected chi connectivity index (χ0v) is 22.6. The van der Waals surface area contributed by atoms with Crippen molar-refractivity contribution in [3.05, 3.63) is 102 Å². The number of hydrogen-bond donors (Lipinski definition) is 1. The second kappa shape index (κ2) is 9.76. The van der Waals surface area contributed by atoms with Gasteiger partial charge in [0.1, 0.15) is 6.04 Å². The normalized spacial score (nSPS) is 21.6. The Bertz CT molecular complexity index is 1440. The van der Waals surface area contributed by atoms with Gasteiger partial charge in [0.15, 0.2) is 5.78 Å². The number of nitrogens with two attached hydrogens (primary N) is 1. The maximum atomic E-state index is 14.4. The molecule has 1 aliphatic rings. The third-order valence-electron chi connectivity index (χ3n) is 7.01. The Balaban J connectivity index is 1.79.